The highest BCUT2D eigenvalue weighted by atomic mass is 19.1. The van der Waals surface area contributed by atoms with Crippen LogP contribution in [0.4, 0.5) is 4.39 Å². The van der Waals surface area contributed by atoms with Crippen molar-refractivity contribution in [2.75, 3.05) is 47.3 Å². The third-order valence-corrected chi connectivity index (χ3v) is 4.85. The van der Waals surface area contributed by atoms with Gasteiger partial charge in [-0.05, 0) is 49.9 Å². The molecule has 1 saturated heterocycles. The van der Waals surface area contributed by atoms with Crippen molar-refractivity contribution in [1.29, 1.82) is 0 Å². The molecular formula is C20H32FN5O. The first-order chi connectivity index (χ1) is 13.0. The van der Waals surface area contributed by atoms with Crippen molar-refractivity contribution in [2.24, 2.45) is 4.99 Å². The third kappa shape index (κ3) is 6.82. The van der Waals surface area contributed by atoms with E-state index in [9.17, 15) is 9.18 Å². The number of benzene rings is 1. The number of nitrogens with zero attached hydrogens (tertiary/aromatic N) is 3. The van der Waals surface area contributed by atoms with Gasteiger partial charge in [0, 0.05) is 40.8 Å². The summed E-state index contributed by atoms with van der Waals surface area (Å²) in [6.07, 6.45) is 3.81. The number of carbonyl (C=O) groups is 1. The number of likely N-dealkylation sites (N-methyl/N-ethyl adjacent to an activating group) is 1. The van der Waals surface area contributed by atoms with Crippen LogP contribution in [0.2, 0.25) is 0 Å². The van der Waals surface area contributed by atoms with Crippen LogP contribution in [-0.2, 0) is 11.2 Å². The Balaban J connectivity index is 1.64. The summed E-state index contributed by atoms with van der Waals surface area (Å²) in [5.41, 5.74) is 1.09. The summed E-state index contributed by atoms with van der Waals surface area (Å²) in [5, 5.41) is 6.59. The maximum Gasteiger partial charge on any atom is 0.239 e. The van der Waals surface area contributed by atoms with Crippen molar-refractivity contribution in [1.82, 2.24) is 20.4 Å². The van der Waals surface area contributed by atoms with E-state index in [1.807, 2.05) is 14.1 Å². The fourth-order valence-electron chi connectivity index (χ4n) is 3.36. The summed E-state index contributed by atoms with van der Waals surface area (Å²) in [5.74, 6) is 0.759. The topological polar surface area (TPSA) is 60.0 Å². The van der Waals surface area contributed by atoms with E-state index in [-0.39, 0.29) is 17.8 Å². The van der Waals surface area contributed by atoms with E-state index in [0.717, 1.165) is 63.4 Å². The van der Waals surface area contributed by atoms with Crippen molar-refractivity contribution in [2.45, 2.75) is 31.7 Å². The number of nitrogens with one attached hydrogen (secondary N) is 2. The second-order valence-electron chi connectivity index (χ2n) is 7.08. The first kappa shape index (κ1) is 21.2. The van der Waals surface area contributed by atoms with Gasteiger partial charge in [-0.3, -0.25) is 14.7 Å². The molecule has 7 heteroatoms. The maximum absolute atomic E-state index is 12.9. The Labute approximate surface area is 161 Å². The van der Waals surface area contributed by atoms with E-state index < -0.39 is 0 Å². The van der Waals surface area contributed by atoms with Crippen LogP contribution in [-0.4, -0.2) is 75.0 Å². The van der Waals surface area contributed by atoms with Crippen LogP contribution >= 0.6 is 0 Å². The molecule has 150 valence electrons. The third-order valence-electron chi connectivity index (χ3n) is 4.85. The molecule has 1 aliphatic rings. The molecule has 1 atom stereocenters. The lowest BCUT2D eigenvalue weighted by molar-refractivity contribution is -0.133. The zero-order valence-electron chi connectivity index (χ0n) is 16.7. The standard InChI is InChI=1S/C20H32FN5O/c1-22-20(24-13-11-16-7-9-17(21)10-8-16)23-12-5-15-26-14-4-6-18(26)19(27)25(2)3/h7-10,18H,4-6,11-15H2,1-3H3,(H2,22,23,24). The van der Waals surface area contributed by atoms with E-state index >= 15 is 0 Å². The number of aliphatic imine (C=N–C) groups is 1. The van der Waals surface area contributed by atoms with Gasteiger partial charge in [0.1, 0.15) is 5.82 Å². The van der Waals surface area contributed by atoms with Gasteiger partial charge in [-0.1, -0.05) is 12.1 Å². The summed E-state index contributed by atoms with van der Waals surface area (Å²) in [6.45, 7) is 3.44. The Bertz CT molecular complexity index is 617. The molecule has 1 fully saturated rings. The lowest BCUT2D eigenvalue weighted by atomic mass is 10.1. The molecule has 1 aromatic carbocycles. The first-order valence-electron chi connectivity index (χ1n) is 9.65. The van der Waals surface area contributed by atoms with Gasteiger partial charge in [0.05, 0.1) is 6.04 Å². The smallest absolute Gasteiger partial charge is 0.239 e. The van der Waals surface area contributed by atoms with Crippen LogP contribution < -0.4 is 10.6 Å². The molecule has 0 aromatic heterocycles. The highest BCUT2D eigenvalue weighted by Gasteiger charge is 2.30. The number of hydrogen-bond donors (Lipinski definition) is 2. The minimum absolute atomic E-state index is 0.0353. The SMILES string of the molecule is CN=C(NCCCN1CCCC1C(=O)N(C)C)NCCc1ccc(F)cc1. The minimum atomic E-state index is -0.211. The van der Waals surface area contributed by atoms with Crippen LogP contribution in [0.15, 0.2) is 29.3 Å². The molecule has 0 saturated carbocycles. The van der Waals surface area contributed by atoms with Gasteiger partial charge in [-0.2, -0.15) is 0 Å². The van der Waals surface area contributed by atoms with E-state index in [4.69, 9.17) is 0 Å². The van der Waals surface area contributed by atoms with E-state index in [2.05, 4.69) is 20.5 Å². The van der Waals surface area contributed by atoms with Gasteiger partial charge >= 0.3 is 0 Å². The molecule has 0 spiro atoms. The number of likely N-dealkylation sites (tertiary alicyclic amines) is 1. The molecule has 1 amide bonds. The number of hydrogen-bond acceptors (Lipinski definition) is 3. The highest BCUT2D eigenvalue weighted by Crippen LogP contribution is 2.18. The zero-order valence-corrected chi connectivity index (χ0v) is 16.7. The molecule has 2 rings (SSSR count). The number of carbonyl (C=O) groups excluding carboxylic acids is 1. The van der Waals surface area contributed by atoms with Crippen LogP contribution in [0.3, 0.4) is 0 Å². The highest BCUT2D eigenvalue weighted by molar-refractivity contribution is 5.81. The Morgan fingerprint density at radius 2 is 1.96 bits per heavy atom. The molecular weight excluding hydrogens is 345 g/mol. The van der Waals surface area contributed by atoms with Crippen molar-refractivity contribution < 1.29 is 9.18 Å². The quantitative estimate of drug-likeness (QED) is 0.409. The molecule has 1 aromatic rings. The van der Waals surface area contributed by atoms with Crippen molar-refractivity contribution in [3.8, 4) is 0 Å². The van der Waals surface area contributed by atoms with Crippen molar-refractivity contribution >= 4 is 11.9 Å². The van der Waals surface area contributed by atoms with Crippen LogP contribution in [0.5, 0.6) is 0 Å². The van der Waals surface area contributed by atoms with Gasteiger partial charge in [0.15, 0.2) is 5.96 Å². The van der Waals surface area contributed by atoms with Crippen molar-refractivity contribution in [3.63, 3.8) is 0 Å². The molecule has 0 aliphatic carbocycles. The van der Waals surface area contributed by atoms with Crippen LogP contribution in [0.1, 0.15) is 24.8 Å². The number of rotatable bonds is 8. The second-order valence-corrected chi connectivity index (χ2v) is 7.08. The van der Waals surface area contributed by atoms with Gasteiger partial charge in [-0.25, -0.2) is 4.39 Å². The molecule has 1 aliphatic heterocycles. The van der Waals surface area contributed by atoms with Gasteiger partial charge in [-0.15, -0.1) is 0 Å². The summed E-state index contributed by atoms with van der Waals surface area (Å²) in [6, 6.07) is 6.60. The Morgan fingerprint density at radius 1 is 1.26 bits per heavy atom. The Morgan fingerprint density at radius 3 is 2.63 bits per heavy atom. The van der Waals surface area contributed by atoms with Gasteiger partial charge in [0.2, 0.25) is 5.91 Å². The fraction of sp³-hybridized carbons (Fsp3) is 0.600. The second kappa shape index (κ2) is 10.9. The summed E-state index contributed by atoms with van der Waals surface area (Å²) in [4.78, 5) is 20.4. The number of guanidine groups is 1. The van der Waals surface area contributed by atoms with Crippen LogP contribution in [0.25, 0.3) is 0 Å². The first-order valence-corrected chi connectivity index (χ1v) is 9.65. The molecule has 0 radical (unpaired) electrons. The van der Waals surface area contributed by atoms with E-state index in [0.29, 0.717) is 0 Å². The molecule has 6 nitrogen and oxygen atoms in total. The Hall–Kier alpha value is -2.15. The summed E-state index contributed by atoms with van der Waals surface area (Å²) >= 11 is 0. The predicted octanol–water partition coefficient (Wildman–Crippen LogP) is 1.48. The largest absolute Gasteiger partial charge is 0.356 e. The average molecular weight is 378 g/mol. The van der Waals surface area contributed by atoms with Crippen molar-refractivity contribution in [3.05, 3.63) is 35.6 Å². The zero-order chi connectivity index (χ0) is 19.6. The lowest BCUT2D eigenvalue weighted by Crippen LogP contribution is -2.44. The van der Waals surface area contributed by atoms with Crippen LogP contribution in [0, 0.1) is 5.82 Å². The van der Waals surface area contributed by atoms with E-state index in [1.165, 1.54) is 12.1 Å². The average Bonchev–Trinajstić information content (AvgIpc) is 3.12. The van der Waals surface area contributed by atoms with E-state index in [1.54, 1.807) is 24.1 Å². The normalized spacial score (nSPS) is 17.8. The maximum atomic E-state index is 12.9. The van der Waals surface area contributed by atoms with Gasteiger partial charge in [0.25, 0.3) is 0 Å². The summed E-state index contributed by atoms with van der Waals surface area (Å²) in [7, 11) is 5.39. The minimum Gasteiger partial charge on any atom is -0.356 e. The fourth-order valence-corrected chi connectivity index (χ4v) is 3.36. The number of amides is 1. The lowest BCUT2D eigenvalue weighted by Gasteiger charge is -2.26. The molecule has 27 heavy (non-hydrogen) atoms. The molecule has 2 N–H and O–H groups in total. The summed E-state index contributed by atoms with van der Waals surface area (Å²) < 4.78 is 12.9. The molecule has 1 unspecified atom stereocenters. The molecule has 0 bridgehead atoms. The predicted molar refractivity (Wildman–Crippen MR) is 107 cm³/mol. The Kier molecular flexibility index (Phi) is 8.51. The molecule has 1 heterocycles. The monoisotopic (exact) mass is 377 g/mol. The van der Waals surface area contributed by atoms with Gasteiger partial charge < -0.3 is 15.5 Å². The number of halogens is 1.